The number of nitrogens with two attached hydrogens (primary N) is 1. The van der Waals surface area contributed by atoms with Crippen molar-refractivity contribution in [3.8, 4) is 5.75 Å². The number of aromatic carboxylic acids is 1. The number of carboxylic acids is 1. The largest absolute Gasteiger partial charge is 0.485 e. The molecule has 0 unspecified atom stereocenters. The highest BCUT2D eigenvalue weighted by Gasteiger charge is 2.14. The van der Waals surface area contributed by atoms with Crippen LogP contribution in [-0.4, -0.2) is 11.1 Å². The minimum atomic E-state index is -1.07. The summed E-state index contributed by atoms with van der Waals surface area (Å²) in [7, 11) is 0. The Labute approximate surface area is 113 Å². The molecule has 0 saturated carbocycles. The molecule has 0 aliphatic rings. The summed E-state index contributed by atoms with van der Waals surface area (Å²) in [5.41, 5.74) is 6.07. The first-order valence-electron chi connectivity index (χ1n) is 5.06. The molecule has 0 aliphatic carbocycles. The number of rotatable bonds is 4. The van der Waals surface area contributed by atoms with Gasteiger partial charge in [0.1, 0.15) is 12.2 Å². The fraction of sp³-hybridized carbons (Fsp3) is 0.0833. The smallest absolute Gasteiger partial charge is 0.339 e. The van der Waals surface area contributed by atoms with Crippen molar-refractivity contribution >= 4 is 34.6 Å². The number of benzene rings is 1. The highest BCUT2D eigenvalue weighted by Crippen LogP contribution is 2.29. The van der Waals surface area contributed by atoms with E-state index in [4.69, 9.17) is 27.2 Å². The van der Waals surface area contributed by atoms with E-state index in [1.807, 2.05) is 6.07 Å². The molecule has 4 nitrogen and oxygen atoms in total. The van der Waals surface area contributed by atoms with E-state index in [1.165, 1.54) is 17.4 Å². The van der Waals surface area contributed by atoms with Gasteiger partial charge in [-0.1, -0.05) is 17.7 Å². The second kappa shape index (κ2) is 5.29. The van der Waals surface area contributed by atoms with E-state index in [-0.39, 0.29) is 17.9 Å². The van der Waals surface area contributed by atoms with E-state index < -0.39 is 5.97 Å². The number of nitrogen functional groups attached to an aromatic ring is 1. The number of hydrogen-bond acceptors (Lipinski definition) is 4. The zero-order valence-electron chi connectivity index (χ0n) is 9.22. The van der Waals surface area contributed by atoms with E-state index in [0.29, 0.717) is 10.0 Å². The van der Waals surface area contributed by atoms with Crippen LogP contribution in [0.2, 0.25) is 4.34 Å². The summed E-state index contributed by atoms with van der Waals surface area (Å²) in [5, 5.41) is 9.04. The Morgan fingerprint density at radius 3 is 2.78 bits per heavy atom. The van der Waals surface area contributed by atoms with E-state index >= 15 is 0 Å². The Kier molecular flexibility index (Phi) is 3.74. The highest BCUT2D eigenvalue weighted by molar-refractivity contribution is 7.16. The summed E-state index contributed by atoms with van der Waals surface area (Å²) >= 11 is 7.18. The van der Waals surface area contributed by atoms with Gasteiger partial charge in [-0.15, -0.1) is 11.3 Å². The molecule has 0 atom stereocenters. The lowest BCUT2D eigenvalue weighted by atomic mass is 10.2. The molecular formula is C12H10ClNO3S. The fourth-order valence-corrected chi connectivity index (χ4v) is 2.46. The minimum Gasteiger partial charge on any atom is -0.485 e. The summed E-state index contributed by atoms with van der Waals surface area (Å²) < 4.78 is 6.13. The van der Waals surface area contributed by atoms with Gasteiger partial charge in [0.15, 0.2) is 5.75 Å². The summed E-state index contributed by atoms with van der Waals surface area (Å²) in [6.45, 7) is 0.242. The summed E-state index contributed by atoms with van der Waals surface area (Å²) in [6.07, 6.45) is 0. The SMILES string of the molecule is Nc1cccc(C(=O)O)c1OCc1ccc(Cl)s1. The van der Waals surface area contributed by atoms with Gasteiger partial charge in [0.2, 0.25) is 0 Å². The van der Waals surface area contributed by atoms with E-state index in [0.717, 1.165) is 4.88 Å². The van der Waals surface area contributed by atoms with Crippen LogP contribution in [0.5, 0.6) is 5.75 Å². The van der Waals surface area contributed by atoms with Crippen molar-refractivity contribution in [2.45, 2.75) is 6.61 Å². The average molecular weight is 284 g/mol. The van der Waals surface area contributed by atoms with Crippen molar-refractivity contribution in [2.24, 2.45) is 0 Å². The van der Waals surface area contributed by atoms with E-state index in [2.05, 4.69) is 0 Å². The second-order valence-electron chi connectivity index (χ2n) is 3.52. The summed E-state index contributed by atoms with van der Waals surface area (Å²) in [5.74, 6) is -0.879. The van der Waals surface area contributed by atoms with Crippen molar-refractivity contribution in [3.63, 3.8) is 0 Å². The maximum atomic E-state index is 11.0. The van der Waals surface area contributed by atoms with Gasteiger partial charge < -0.3 is 15.6 Å². The first-order chi connectivity index (χ1) is 8.58. The van der Waals surface area contributed by atoms with Crippen LogP contribution >= 0.6 is 22.9 Å². The third-order valence-corrected chi connectivity index (χ3v) is 3.47. The number of carboxylic acid groups (broad SMARTS) is 1. The van der Waals surface area contributed by atoms with Gasteiger partial charge in [-0.3, -0.25) is 0 Å². The normalized spacial score (nSPS) is 10.3. The van der Waals surface area contributed by atoms with Crippen LogP contribution in [0.15, 0.2) is 30.3 Å². The number of para-hydroxylation sites is 1. The first-order valence-corrected chi connectivity index (χ1v) is 6.26. The zero-order valence-corrected chi connectivity index (χ0v) is 10.8. The lowest BCUT2D eigenvalue weighted by Crippen LogP contribution is -2.05. The molecule has 0 aliphatic heterocycles. The average Bonchev–Trinajstić information content (AvgIpc) is 2.73. The van der Waals surface area contributed by atoms with Gasteiger partial charge in [0.05, 0.1) is 10.0 Å². The van der Waals surface area contributed by atoms with Crippen molar-refractivity contribution in [2.75, 3.05) is 5.73 Å². The molecule has 18 heavy (non-hydrogen) atoms. The van der Waals surface area contributed by atoms with E-state index in [1.54, 1.807) is 18.2 Å². The van der Waals surface area contributed by atoms with Crippen LogP contribution in [0, 0.1) is 0 Å². The van der Waals surface area contributed by atoms with Crippen molar-refractivity contribution in [1.82, 2.24) is 0 Å². The molecule has 2 aromatic rings. The van der Waals surface area contributed by atoms with Gasteiger partial charge in [-0.2, -0.15) is 0 Å². The number of anilines is 1. The molecule has 6 heteroatoms. The molecule has 3 N–H and O–H groups in total. The van der Waals surface area contributed by atoms with Crippen LogP contribution in [-0.2, 0) is 6.61 Å². The van der Waals surface area contributed by atoms with Crippen LogP contribution in [0.3, 0.4) is 0 Å². The van der Waals surface area contributed by atoms with Gasteiger partial charge in [0, 0.05) is 4.88 Å². The Bertz CT molecular complexity index is 582. The Hall–Kier alpha value is -1.72. The lowest BCUT2D eigenvalue weighted by molar-refractivity contribution is 0.0692. The molecule has 0 radical (unpaired) electrons. The second-order valence-corrected chi connectivity index (χ2v) is 5.32. The lowest BCUT2D eigenvalue weighted by Gasteiger charge is -2.10. The zero-order chi connectivity index (χ0) is 13.1. The molecule has 0 fully saturated rings. The molecule has 1 aromatic carbocycles. The van der Waals surface area contributed by atoms with Gasteiger partial charge >= 0.3 is 5.97 Å². The third kappa shape index (κ3) is 2.75. The Morgan fingerprint density at radius 1 is 1.39 bits per heavy atom. The minimum absolute atomic E-state index is 0.0534. The third-order valence-electron chi connectivity index (χ3n) is 2.26. The number of carbonyl (C=O) groups is 1. The van der Waals surface area contributed by atoms with Gasteiger partial charge in [-0.25, -0.2) is 4.79 Å². The molecular weight excluding hydrogens is 274 g/mol. The Morgan fingerprint density at radius 2 is 2.17 bits per heavy atom. The maximum absolute atomic E-state index is 11.0. The van der Waals surface area contributed by atoms with Crippen LogP contribution in [0.4, 0.5) is 5.69 Å². The monoisotopic (exact) mass is 283 g/mol. The van der Waals surface area contributed by atoms with Gasteiger partial charge in [0.25, 0.3) is 0 Å². The molecule has 0 bridgehead atoms. The summed E-state index contributed by atoms with van der Waals surface area (Å²) in [4.78, 5) is 11.9. The van der Waals surface area contributed by atoms with Crippen molar-refractivity contribution < 1.29 is 14.6 Å². The molecule has 1 heterocycles. The Balaban J connectivity index is 2.20. The molecule has 1 aromatic heterocycles. The molecule has 0 saturated heterocycles. The number of halogens is 1. The molecule has 94 valence electrons. The number of thiophene rings is 1. The maximum Gasteiger partial charge on any atom is 0.339 e. The number of hydrogen-bond donors (Lipinski definition) is 2. The topological polar surface area (TPSA) is 72.6 Å². The van der Waals surface area contributed by atoms with Gasteiger partial charge in [-0.05, 0) is 24.3 Å². The molecule has 0 amide bonds. The van der Waals surface area contributed by atoms with E-state index in [9.17, 15) is 4.79 Å². The first kappa shape index (κ1) is 12.7. The van der Waals surface area contributed by atoms with Crippen LogP contribution in [0.25, 0.3) is 0 Å². The van der Waals surface area contributed by atoms with Crippen LogP contribution < -0.4 is 10.5 Å². The molecule has 0 spiro atoms. The number of ether oxygens (including phenoxy) is 1. The summed E-state index contributed by atoms with van der Waals surface area (Å²) in [6, 6.07) is 8.22. The predicted octanol–water partition coefficient (Wildman–Crippen LogP) is 3.26. The highest BCUT2D eigenvalue weighted by atomic mass is 35.5. The molecule has 2 rings (SSSR count). The van der Waals surface area contributed by atoms with Crippen molar-refractivity contribution in [1.29, 1.82) is 0 Å². The van der Waals surface area contributed by atoms with Crippen LogP contribution in [0.1, 0.15) is 15.2 Å². The predicted molar refractivity (Wildman–Crippen MR) is 71.5 cm³/mol. The quantitative estimate of drug-likeness (QED) is 0.845. The van der Waals surface area contributed by atoms with Crippen molar-refractivity contribution in [3.05, 3.63) is 45.1 Å². The standard InChI is InChI=1S/C12H10ClNO3S/c13-10-5-4-7(18-10)6-17-11-8(12(15)16)2-1-3-9(11)14/h1-5H,6,14H2,(H,15,16). The fourth-order valence-electron chi connectivity index (χ4n) is 1.46.